The normalized spacial score (nSPS) is 13.0. The molecule has 0 amide bonds. The molecule has 0 aliphatic heterocycles. The zero-order valence-corrected chi connectivity index (χ0v) is 12.2. The van der Waals surface area contributed by atoms with Gasteiger partial charge in [0.25, 0.3) is 5.69 Å². The second kappa shape index (κ2) is 6.64. The highest BCUT2D eigenvalue weighted by Gasteiger charge is 2.12. The van der Waals surface area contributed by atoms with E-state index in [9.17, 15) is 15.2 Å². The van der Waals surface area contributed by atoms with Crippen molar-refractivity contribution in [3.8, 4) is 0 Å². The molecular formula is C14H20N4O3. The van der Waals surface area contributed by atoms with E-state index in [1.165, 1.54) is 12.1 Å². The Bertz CT molecular complexity index is 624. The molecule has 0 aliphatic carbocycles. The van der Waals surface area contributed by atoms with Crippen LogP contribution in [0.4, 0.5) is 5.69 Å². The molecule has 1 unspecified atom stereocenters. The van der Waals surface area contributed by atoms with Crippen molar-refractivity contribution in [2.75, 3.05) is 13.1 Å². The van der Waals surface area contributed by atoms with Crippen LogP contribution in [0.1, 0.15) is 13.8 Å². The monoisotopic (exact) mass is 292 g/mol. The van der Waals surface area contributed by atoms with Gasteiger partial charge in [0.15, 0.2) is 0 Å². The highest BCUT2D eigenvalue weighted by Crippen LogP contribution is 2.20. The SMILES string of the molecule is CC(C)CNCC(O)Cn1ncc2ccc([N+](=O)[O-])cc21. The third-order valence-electron chi connectivity index (χ3n) is 3.16. The van der Waals surface area contributed by atoms with Gasteiger partial charge in [0, 0.05) is 24.1 Å². The fourth-order valence-electron chi connectivity index (χ4n) is 2.12. The van der Waals surface area contributed by atoms with Crippen LogP contribution in [0.3, 0.4) is 0 Å². The van der Waals surface area contributed by atoms with Gasteiger partial charge in [-0.3, -0.25) is 14.8 Å². The summed E-state index contributed by atoms with van der Waals surface area (Å²) in [5, 5.41) is 29.0. The number of nitro benzene ring substituents is 1. The number of aliphatic hydroxyl groups is 1. The van der Waals surface area contributed by atoms with Gasteiger partial charge < -0.3 is 10.4 Å². The van der Waals surface area contributed by atoms with E-state index in [-0.39, 0.29) is 5.69 Å². The molecule has 0 aliphatic rings. The van der Waals surface area contributed by atoms with Gasteiger partial charge in [0.1, 0.15) is 0 Å². The molecule has 7 heteroatoms. The Balaban J connectivity index is 2.07. The maximum absolute atomic E-state index is 10.8. The molecule has 114 valence electrons. The fourth-order valence-corrected chi connectivity index (χ4v) is 2.12. The summed E-state index contributed by atoms with van der Waals surface area (Å²) in [6.07, 6.45) is 1.05. The van der Waals surface area contributed by atoms with Gasteiger partial charge in [0.05, 0.1) is 29.3 Å². The van der Waals surface area contributed by atoms with Gasteiger partial charge >= 0.3 is 0 Å². The summed E-state index contributed by atoms with van der Waals surface area (Å²) in [4.78, 5) is 10.4. The largest absolute Gasteiger partial charge is 0.390 e. The van der Waals surface area contributed by atoms with Crippen LogP contribution in [0.5, 0.6) is 0 Å². The first kappa shape index (κ1) is 15.4. The van der Waals surface area contributed by atoms with Crippen LogP contribution < -0.4 is 5.32 Å². The molecule has 1 aromatic heterocycles. The average molecular weight is 292 g/mol. The van der Waals surface area contributed by atoms with Crippen LogP contribution in [0, 0.1) is 16.0 Å². The molecule has 7 nitrogen and oxygen atoms in total. The molecule has 2 N–H and O–H groups in total. The Morgan fingerprint density at radius 3 is 2.86 bits per heavy atom. The van der Waals surface area contributed by atoms with Crippen molar-refractivity contribution in [3.63, 3.8) is 0 Å². The average Bonchev–Trinajstić information content (AvgIpc) is 2.80. The van der Waals surface area contributed by atoms with E-state index in [1.807, 2.05) is 0 Å². The predicted octanol–water partition coefficient (Wildman–Crippen LogP) is 1.55. The standard InChI is InChI=1S/C14H20N4O3/c1-10(2)6-15-8-13(19)9-17-14-5-12(18(20)21)4-3-11(14)7-16-17/h3-5,7,10,13,15,19H,6,8-9H2,1-2H3. The van der Waals surface area contributed by atoms with Crippen molar-refractivity contribution in [1.82, 2.24) is 15.1 Å². The quantitative estimate of drug-likeness (QED) is 0.596. The van der Waals surface area contributed by atoms with E-state index in [1.54, 1.807) is 16.9 Å². The van der Waals surface area contributed by atoms with E-state index in [0.717, 1.165) is 11.9 Å². The van der Waals surface area contributed by atoms with Gasteiger partial charge in [0.2, 0.25) is 0 Å². The maximum atomic E-state index is 10.8. The van der Waals surface area contributed by atoms with Crippen molar-refractivity contribution in [2.24, 2.45) is 5.92 Å². The molecule has 0 saturated heterocycles. The second-order valence-electron chi connectivity index (χ2n) is 5.53. The summed E-state index contributed by atoms with van der Waals surface area (Å²) in [5.74, 6) is 0.519. The van der Waals surface area contributed by atoms with E-state index in [0.29, 0.717) is 24.5 Å². The highest BCUT2D eigenvalue weighted by molar-refractivity contribution is 5.80. The van der Waals surface area contributed by atoms with Crippen LogP contribution in [-0.4, -0.2) is 39.0 Å². The summed E-state index contributed by atoms with van der Waals surface area (Å²) >= 11 is 0. The third-order valence-corrected chi connectivity index (χ3v) is 3.16. The maximum Gasteiger partial charge on any atom is 0.271 e. The molecular weight excluding hydrogens is 272 g/mol. The zero-order chi connectivity index (χ0) is 15.4. The number of rotatable bonds is 7. The van der Waals surface area contributed by atoms with Crippen LogP contribution in [0.15, 0.2) is 24.4 Å². The van der Waals surface area contributed by atoms with Crippen molar-refractivity contribution >= 4 is 16.6 Å². The second-order valence-corrected chi connectivity index (χ2v) is 5.53. The van der Waals surface area contributed by atoms with Crippen molar-refractivity contribution in [2.45, 2.75) is 26.5 Å². The number of hydrogen-bond acceptors (Lipinski definition) is 5. The Labute approximate surface area is 122 Å². The Morgan fingerprint density at radius 1 is 1.43 bits per heavy atom. The van der Waals surface area contributed by atoms with Crippen LogP contribution in [0.2, 0.25) is 0 Å². The molecule has 0 spiro atoms. The number of hydrogen-bond donors (Lipinski definition) is 2. The smallest absolute Gasteiger partial charge is 0.271 e. The lowest BCUT2D eigenvalue weighted by Gasteiger charge is -2.13. The predicted molar refractivity (Wildman–Crippen MR) is 80.1 cm³/mol. The summed E-state index contributed by atoms with van der Waals surface area (Å²) in [6, 6.07) is 4.60. The van der Waals surface area contributed by atoms with Crippen LogP contribution in [-0.2, 0) is 6.54 Å². The number of aromatic nitrogens is 2. The lowest BCUT2D eigenvalue weighted by molar-refractivity contribution is -0.384. The first-order valence-electron chi connectivity index (χ1n) is 6.96. The van der Waals surface area contributed by atoms with Crippen molar-refractivity contribution in [1.29, 1.82) is 0 Å². The number of benzene rings is 1. The number of nitro groups is 1. The molecule has 0 fully saturated rings. The van der Waals surface area contributed by atoms with Gasteiger partial charge in [-0.05, 0) is 18.5 Å². The Kier molecular flexibility index (Phi) is 4.87. The highest BCUT2D eigenvalue weighted by atomic mass is 16.6. The summed E-state index contributed by atoms with van der Waals surface area (Å²) in [5.41, 5.74) is 0.684. The lowest BCUT2D eigenvalue weighted by Crippen LogP contribution is -2.32. The van der Waals surface area contributed by atoms with Crippen molar-refractivity contribution in [3.05, 3.63) is 34.5 Å². The van der Waals surface area contributed by atoms with Gasteiger partial charge in [-0.15, -0.1) is 0 Å². The lowest BCUT2D eigenvalue weighted by atomic mass is 10.2. The molecule has 0 radical (unpaired) electrons. The zero-order valence-electron chi connectivity index (χ0n) is 12.2. The molecule has 21 heavy (non-hydrogen) atoms. The molecule has 2 aromatic rings. The van der Waals surface area contributed by atoms with Gasteiger partial charge in [-0.25, -0.2) is 0 Å². The van der Waals surface area contributed by atoms with E-state index in [2.05, 4.69) is 24.3 Å². The van der Waals surface area contributed by atoms with Gasteiger partial charge in [-0.2, -0.15) is 5.10 Å². The van der Waals surface area contributed by atoms with Crippen molar-refractivity contribution < 1.29 is 10.0 Å². The topological polar surface area (TPSA) is 93.2 Å². The van der Waals surface area contributed by atoms with E-state index >= 15 is 0 Å². The molecule has 1 heterocycles. The van der Waals surface area contributed by atoms with E-state index in [4.69, 9.17) is 0 Å². The van der Waals surface area contributed by atoms with Crippen LogP contribution in [0.25, 0.3) is 10.9 Å². The minimum atomic E-state index is -0.592. The summed E-state index contributed by atoms with van der Waals surface area (Å²) in [7, 11) is 0. The Morgan fingerprint density at radius 2 is 2.19 bits per heavy atom. The number of nitrogens with zero attached hydrogens (tertiary/aromatic N) is 3. The number of nitrogens with one attached hydrogen (secondary N) is 1. The minimum Gasteiger partial charge on any atom is -0.390 e. The van der Waals surface area contributed by atoms with E-state index < -0.39 is 11.0 Å². The first-order valence-corrected chi connectivity index (χ1v) is 6.96. The molecule has 0 bridgehead atoms. The number of fused-ring (bicyclic) bond motifs is 1. The summed E-state index contributed by atoms with van der Waals surface area (Å²) < 4.78 is 1.60. The summed E-state index contributed by atoms with van der Waals surface area (Å²) in [6.45, 7) is 5.80. The minimum absolute atomic E-state index is 0.0247. The third kappa shape index (κ3) is 3.99. The Hall–Kier alpha value is -1.99. The molecule has 2 rings (SSSR count). The van der Waals surface area contributed by atoms with Crippen LogP contribution >= 0.6 is 0 Å². The molecule has 0 saturated carbocycles. The molecule has 1 aromatic carbocycles. The van der Waals surface area contributed by atoms with Gasteiger partial charge in [-0.1, -0.05) is 13.8 Å². The number of aliphatic hydroxyl groups excluding tert-OH is 1. The molecule has 1 atom stereocenters. The fraction of sp³-hybridized carbons (Fsp3) is 0.500. The number of non-ortho nitro benzene ring substituents is 1. The first-order chi connectivity index (χ1) is 9.97.